The summed E-state index contributed by atoms with van der Waals surface area (Å²) in [5, 5.41) is 41.9. The summed E-state index contributed by atoms with van der Waals surface area (Å²) in [6, 6.07) is 3.29. The van der Waals surface area contributed by atoms with E-state index in [1.807, 2.05) is 5.48 Å². The van der Waals surface area contributed by atoms with Crippen LogP contribution in [0.4, 0.5) is 5.82 Å². The number of aliphatic hydroxyl groups excluding tert-OH is 3. The van der Waals surface area contributed by atoms with Crippen LogP contribution in [-0.2, 0) is 4.74 Å². The van der Waals surface area contributed by atoms with E-state index in [1.165, 1.54) is 10.8 Å². The summed E-state index contributed by atoms with van der Waals surface area (Å²) in [6.07, 6.45) is -2.79. The first-order valence-electron chi connectivity index (χ1n) is 6.02. The maximum atomic E-state index is 10.0. The Balaban J connectivity index is 2.03. The van der Waals surface area contributed by atoms with Gasteiger partial charge in [0.15, 0.2) is 5.82 Å². The summed E-state index contributed by atoms with van der Waals surface area (Å²) in [5.41, 5.74) is 2.93. The maximum absolute atomic E-state index is 10.0. The summed E-state index contributed by atoms with van der Waals surface area (Å²) in [7, 11) is 0. The minimum absolute atomic E-state index is 0.206. The van der Waals surface area contributed by atoms with Crippen LogP contribution in [0.25, 0.3) is 5.52 Å². The molecule has 1 aliphatic heterocycles. The second-order valence-electron chi connectivity index (χ2n) is 4.53. The smallest absolute Gasteiger partial charge is 0.177 e. The fraction of sp³-hybridized carbons (Fsp3) is 0.455. The van der Waals surface area contributed by atoms with E-state index in [2.05, 4.69) is 10.1 Å². The summed E-state index contributed by atoms with van der Waals surface area (Å²) < 4.78 is 6.88. The Labute approximate surface area is 113 Å². The van der Waals surface area contributed by atoms with Gasteiger partial charge in [0.05, 0.1) is 12.3 Å². The minimum atomic E-state index is -1.18. The number of hydrogen-bond acceptors (Lipinski definition) is 8. The van der Waals surface area contributed by atoms with Crippen LogP contribution in [0.15, 0.2) is 18.5 Å². The van der Waals surface area contributed by atoms with Gasteiger partial charge in [0.1, 0.15) is 36.3 Å². The molecule has 2 aromatic rings. The molecule has 1 saturated heterocycles. The van der Waals surface area contributed by atoms with Crippen molar-refractivity contribution >= 4 is 11.3 Å². The van der Waals surface area contributed by atoms with Gasteiger partial charge >= 0.3 is 0 Å². The van der Waals surface area contributed by atoms with Crippen LogP contribution in [-0.4, -0.2) is 60.0 Å². The van der Waals surface area contributed by atoms with Crippen LogP contribution in [0.2, 0.25) is 0 Å². The molecule has 0 aliphatic carbocycles. The molecule has 5 N–H and O–H groups in total. The van der Waals surface area contributed by atoms with E-state index in [-0.39, 0.29) is 5.82 Å². The van der Waals surface area contributed by atoms with E-state index in [4.69, 9.17) is 15.1 Å². The second-order valence-corrected chi connectivity index (χ2v) is 4.53. The normalized spacial score (nSPS) is 30.0. The molecule has 0 radical (unpaired) electrons. The van der Waals surface area contributed by atoms with Crippen molar-refractivity contribution in [2.24, 2.45) is 0 Å². The van der Waals surface area contributed by atoms with Crippen molar-refractivity contribution in [1.82, 2.24) is 14.6 Å². The number of nitrogens with one attached hydrogen (secondary N) is 1. The lowest BCUT2D eigenvalue weighted by atomic mass is 10.1. The lowest BCUT2D eigenvalue weighted by Gasteiger charge is -2.14. The molecule has 3 rings (SSSR count). The SMILES string of the molecule is OC[C@H]1O[C@@H](c2ccc3c(NO)ncnn23)[C@H](O)[C@@H]1O. The Morgan fingerprint density at radius 1 is 1.30 bits per heavy atom. The van der Waals surface area contributed by atoms with E-state index in [0.717, 1.165) is 0 Å². The molecule has 1 fully saturated rings. The van der Waals surface area contributed by atoms with Crippen molar-refractivity contribution in [2.45, 2.75) is 24.4 Å². The van der Waals surface area contributed by atoms with E-state index in [9.17, 15) is 10.2 Å². The largest absolute Gasteiger partial charge is 0.394 e. The number of hydrogen-bond donors (Lipinski definition) is 5. The lowest BCUT2D eigenvalue weighted by molar-refractivity contribution is -0.0244. The minimum Gasteiger partial charge on any atom is -0.394 e. The molecule has 20 heavy (non-hydrogen) atoms. The molecule has 4 atom stereocenters. The van der Waals surface area contributed by atoms with Gasteiger partial charge in [0.25, 0.3) is 0 Å². The van der Waals surface area contributed by atoms with Gasteiger partial charge in [-0.15, -0.1) is 0 Å². The lowest BCUT2D eigenvalue weighted by Crippen LogP contribution is -2.32. The highest BCUT2D eigenvalue weighted by molar-refractivity contribution is 5.67. The van der Waals surface area contributed by atoms with Crippen LogP contribution in [0.3, 0.4) is 0 Å². The van der Waals surface area contributed by atoms with Crippen molar-refractivity contribution in [2.75, 3.05) is 12.1 Å². The topological polar surface area (TPSA) is 132 Å². The van der Waals surface area contributed by atoms with Crippen molar-refractivity contribution in [1.29, 1.82) is 0 Å². The zero-order chi connectivity index (χ0) is 14.3. The molecule has 2 aromatic heterocycles. The number of nitrogens with zero attached hydrogens (tertiary/aromatic N) is 3. The van der Waals surface area contributed by atoms with Gasteiger partial charge in [-0.05, 0) is 12.1 Å². The first-order valence-corrected chi connectivity index (χ1v) is 6.02. The van der Waals surface area contributed by atoms with E-state index < -0.39 is 31.0 Å². The Hall–Kier alpha value is -1.78. The molecule has 9 heteroatoms. The molecule has 0 aromatic carbocycles. The Kier molecular flexibility index (Phi) is 3.28. The Morgan fingerprint density at radius 2 is 2.10 bits per heavy atom. The van der Waals surface area contributed by atoms with E-state index in [1.54, 1.807) is 12.1 Å². The first kappa shape index (κ1) is 13.2. The zero-order valence-electron chi connectivity index (χ0n) is 10.3. The third kappa shape index (κ3) is 1.84. The molecule has 0 unspecified atom stereocenters. The highest BCUT2D eigenvalue weighted by atomic mass is 16.6. The van der Waals surface area contributed by atoms with Crippen molar-refractivity contribution in [3.05, 3.63) is 24.2 Å². The van der Waals surface area contributed by atoms with E-state index >= 15 is 0 Å². The number of ether oxygens (including phenoxy) is 1. The van der Waals surface area contributed by atoms with Crippen LogP contribution in [0.1, 0.15) is 11.8 Å². The fourth-order valence-corrected chi connectivity index (χ4v) is 2.40. The molecule has 0 bridgehead atoms. The first-order chi connectivity index (χ1) is 9.67. The molecular weight excluding hydrogens is 268 g/mol. The van der Waals surface area contributed by atoms with Gasteiger partial charge in [0.2, 0.25) is 0 Å². The molecule has 0 amide bonds. The molecule has 9 nitrogen and oxygen atoms in total. The number of aromatic nitrogens is 3. The number of fused-ring (bicyclic) bond motifs is 1. The Morgan fingerprint density at radius 3 is 2.75 bits per heavy atom. The van der Waals surface area contributed by atoms with Gasteiger partial charge in [0, 0.05) is 0 Å². The molecule has 1 aliphatic rings. The van der Waals surface area contributed by atoms with Crippen molar-refractivity contribution in [3.63, 3.8) is 0 Å². The van der Waals surface area contributed by atoms with E-state index in [0.29, 0.717) is 11.2 Å². The monoisotopic (exact) mass is 282 g/mol. The predicted octanol–water partition coefficient (Wildman–Crippen LogP) is -1.32. The standard InChI is InChI=1S/C11H14N4O5/c16-3-7-8(17)9(18)10(20-7)5-1-2-6-11(14-19)12-4-13-15(5)6/h1-2,4,7-10,16-19H,3H2,(H,12,13,14)/t7-,8-,9-,10+/m1/s1. The molecule has 108 valence electrons. The average Bonchev–Trinajstić information content (AvgIpc) is 3.01. The Bertz CT molecular complexity index is 618. The summed E-state index contributed by atoms with van der Waals surface area (Å²) in [5.74, 6) is 0.206. The third-order valence-corrected chi connectivity index (χ3v) is 3.42. The summed E-state index contributed by atoms with van der Waals surface area (Å²) in [6.45, 7) is -0.392. The molecular formula is C11H14N4O5. The van der Waals surface area contributed by atoms with Crippen LogP contribution < -0.4 is 5.48 Å². The van der Waals surface area contributed by atoms with Crippen molar-refractivity contribution < 1.29 is 25.3 Å². The average molecular weight is 282 g/mol. The van der Waals surface area contributed by atoms with Crippen LogP contribution >= 0.6 is 0 Å². The van der Waals surface area contributed by atoms with Gasteiger partial charge in [-0.1, -0.05) is 0 Å². The maximum Gasteiger partial charge on any atom is 0.177 e. The summed E-state index contributed by atoms with van der Waals surface area (Å²) >= 11 is 0. The van der Waals surface area contributed by atoms with Crippen LogP contribution in [0, 0.1) is 0 Å². The van der Waals surface area contributed by atoms with Gasteiger partial charge in [-0.25, -0.2) is 9.50 Å². The second kappa shape index (κ2) is 4.96. The van der Waals surface area contributed by atoms with Crippen molar-refractivity contribution in [3.8, 4) is 0 Å². The third-order valence-electron chi connectivity index (χ3n) is 3.42. The predicted molar refractivity (Wildman–Crippen MR) is 65.1 cm³/mol. The zero-order valence-corrected chi connectivity index (χ0v) is 10.3. The number of rotatable bonds is 3. The van der Waals surface area contributed by atoms with Gasteiger partial charge in [-0.2, -0.15) is 5.10 Å². The van der Waals surface area contributed by atoms with Gasteiger partial charge < -0.3 is 20.1 Å². The molecule has 0 saturated carbocycles. The number of aliphatic hydroxyl groups is 3. The van der Waals surface area contributed by atoms with Crippen LogP contribution in [0.5, 0.6) is 0 Å². The highest BCUT2D eigenvalue weighted by Crippen LogP contribution is 2.34. The summed E-state index contributed by atoms with van der Waals surface area (Å²) in [4.78, 5) is 3.84. The molecule has 3 heterocycles. The fourth-order valence-electron chi connectivity index (χ4n) is 2.40. The highest BCUT2D eigenvalue weighted by Gasteiger charge is 2.44. The molecule has 0 spiro atoms. The quantitative estimate of drug-likeness (QED) is 0.438. The number of anilines is 1. The van der Waals surface area contributed by atoms with Gasteiger partial charge in [-0.3, -0.25) is 10.7 Å².